The third-order valence-electron chi connectivity index (χ3n) is 1.76. The molecule has 0 saturated carbocycles. The maximum absolute atomic E-state index is 11.4. The highest BCUT2D eigenvalue weighted by molar-refractivity contribution is 7.16. The first-order valence-corrected chi connectivity index (χ1v) is 5.90. The zero-order valence-electron chi connectivity index (χ0n) is 7.80. The van der Waals surface area contributed by atoms with Gasteiger partial charge in [-0.1, -0.05) is 11.6 Å². The number of thiophene rings is 1. The predicted molar refractivity (Wildman–Crippen MR) is 61.1 cm³/mol. The molecule has 1 heterocycles. The summed E-state index contributed by atoms with van der Waals surface area (Å²) in [5.41, 5.74) is 0. The van der Waals surface area contributed by atoms with Crippen LogP contribution >= 0.6 is 34.5 Å². The topological polar surface area (TPSA) is 20.3 Å². The van der Waals surface area contributed by atoms with E-state index < -0.39 is 0 Å². The van der Waals surface area contributed by atoms with Crippen LogP contribution in [-0.2, 0) is 11.3 Å². The molecule has 0 aliphatic carbocycles. The van der Waals surface area contributed by atoms with Crippen LogP contribution in [0.25, 0.3) is 0 Å². The quantitative estimate of drug-likeness (QED) is 0.754. The van der Waals surface area contributed by atoms with Gasteiger partial charge in [-0.05, 0) is 12.1 Å². The highest BCUT2D eigenvalue weighted by Gasteiger charge is 2.09. The van der Waals surface area contributed by atoms with Gasteiger partial charge >= 0.3 is 0 Å². The molecular formula is C9H11Cl2NOS. The Morgan fingerprint density at radius 2 is 2.29 bits per heavy atom. The Labute approximate surface area is 97.4 Å². The van der Waals surface area contributed by atoms with Crippen molar-refractivity contribution in [3.05, 3.63) is 21.3 Å². The Hall–Kier alpha value is -0.250. The molecule has 0 bridgehead atoms. The molecule has 0 aromatic carbocycles. The van der Waals surface area contributed by atoms with Gasteiger partial charge < -0.3 is 4.90 Å². The maximum Gasteiger partial charge on any atom is 0.223 e. The van der Waals surface area contributed by atoms with Crippen LogP contribution in [0, 0.1) is 0 Å². The summed E-state index contributed by atoms with van der Waals surface area (Å²) in [4.78, 5) is 14.1. The van der Waals surface area contributed by atoms with Crippen molar-refractivity contribution in [1.29, 1.82) is 0 Å². The number of rotatable bonds is 4. The maximum atomic E-state index is 11.4. The molecule has 0 aliphatic rings. The van der Waals surface area contributed by atoms with Gasteiger partial charge in [0, 0.05) is 24.2 Å². The molecule has 1 rings (SSSR count). The third kappa shape index (κ3) is 3.48. The Bertz CT molecular complexity index is 314. The minimum absolute atomic E-state index is 0.0597. The number of carbonyl (C=O) groups is 1. The fourth-order valence-electron chi connectivity index (χ4n) is 1.03. The number of alkyl halides is 1. The Morgan fingerprint density at radius 3 is 2.79 bits per heavy atom. The van der Waals surface area contributed by atoms with Crippen molar-refractivity contribution in [3.63, 3.8) is 0 Å². The molecule has 0 saturated heterocycles. The number of hydrogen-bond donors (Lipinski definition) is 0. The van der Waals surface area contributed by atoms with E-state index in [0.29, 0.717) is 18.8 Å². The third-order valence-corrected chi connectivity index (χ3v) is 3.16. The summed E-state index contributed by atoms with van der Waals surface area (Å²) < 4.78 is 0.748. The fraction of sp³-hybridized carbons (Fsp3) is 0.444. The summed E-state index contributed by atoms with van der Waals surface area (Å²) in [6.45, 7) is 0.604. The van der Waals surface area contributed by atoms with E-state index in [9.17, 15) is 4.79 Å². The van der Waals surface area contributed by atoms with Gasteiger partial charge in [-0.2, -0.15) is 0 Å². The lowest BCUT2D eigenvalue weighted by Gasteiger charge is -2.15. The van der Waals surface area contributed by atoms with Crippen LogP contribution in [0.2, 0.25) is 4.34 Å². The van der Waals surface area contributed by atoms with Crippen molar-refractivity contribution in [2.24, 2.45) is 0 Å². The molecular weight excluding hydrogens is 241 g/mol. The molecule has 0 N–H and O–H groups in total. The number of nitrogens with zero attached hydrogens (tertiary/aromatic N) is 1. The second-order valence-electron chi connectivity index (χ2n) is 2.89. The van der Waals surface area contributed by atoms with Crippen LogP contribution in [0.1, 0.15) is 11.3 Å². The molecule has 1 aromatic heterocycles. The van der Waals surface area contributed by atoms with Crippen molar-refractivity contribution < 1.29 is 4.79 Å². The lowest BCUT2D eigenvalue weighted by atomic mass is 10.4. The Balaban J connectivity index is 2.48. The number of carbonyl (C=O) groups excluding carboxylic acids is 1. The van der Waals surface area contributed by atoms with Crippen molar-refractivity contribution >= 4 is 40.4 Å². The molecule has 5 heteroatoms. The fourth-order valence-corrected chi connectivity index (χ4v) is 2.33. The first kappa shape index (κ1) is 11.8. The van der Waals surface area contributed by atoms with Crippen LogP contribution in [0.4, 0.5) is 0 Å². The van der Waals surface area contributed by atoms with Crippen molar-refractivity contribution in [1.82, 2.24) is 4.90 Å². The van der Waals surface area contributed by atoms with Crippen molar-refractivity contribution in [3.8, 4) is 0 Å². The van der Waals surface area contributed by atoms with E-state index in [0.717, 1.165) is 9.21 Å². The molecule has 0 atom stereocenters. The van der Waals surface area contributed by atoms with Gasteiger partial charge in [0.15, 0.2) is 0 Å². The highest BCUT2D eigenvalue weighted by Crippen LogP contribution is 2.22. The molecule has 0 spiro atoms. The van der Waals surface area contributed by atoms with Crippen LogP contribution in [0.15, 0.2) is 12.1 Å². The minimum Gasteiger partial charge on any atom is -0.341 e. The molecule has 2 nitrogen and oxygen atoms in total. The number of amides is 1. The average molecular weight is 252 g/mol. The summed E-state index contributed by atoms with van der Waals surface area (Å²) in [5, 5.41) is 0. The molecule has 0 aliphatic heterocycles. The van der Waals surface area contributed by atoms with E-state index in [1.54, 1.807) is 11.9 Å². The van der Waals surface area contributed by atoms with E-state index >= 15 is 0 Å². The highest BCUT2D eigenvalue weighted by atomic mass is 35.5. The van der Waals surface area contributed by atoms with Gasteiger partial charge in [-0.15, -0.1) is 22.9 Å². The number of halogens is 2. The van der Waals surface area contributed by atoms with E-state index in [1.165, 1.54) is 11.3 Å². The summed E-state index contributed by atoms with van der Waals surface area (Å²) in [6, 6.07) is 3.76. The zero-order valence-corrected chi connectivity index (χ0v) is 10.1. The normalized spacial score (nSPS) is 10.2. The van der Waals surface area contributed by atoms with Crippen LogP contribution in [-0.4, -0.2) is 23.7 Å². The predicted octanol–water partition coefficient (Wildman–Crippen LogP) is 2.99. The summed E-state index contributed by atoms with van der Waals surface area (Å²) in [6.07, 6.45) is 0.386. The summed E-state index contributed by atoms with van der Waals surface area (Å²) >= 11 is 12.8. The molecule has 0 unspecified atom stereocenters. The van der Waals surface area contributed by atoms with E-state index in [1.807, 2.05) is 12.1 Å². The molecule has 0 radical (unpaired) electrons. The first-order chi connectivity index (χ1) is 6.63. The lowest BCUT2D eigenvalue weighted by molar-refractivity contribution is -0.129. The SMILES string of the molecule is CN(Cc1ccc(Cl)s1)C(=O)CCCl. The lowest BCUT2D eigenvalue weighted by Crippen LogP contribution is -2.25. The zero-order chi connectivity index (χ0) is 10.6. The van der Waals surface area contributed by atoms with Crippen LogP contribution in [0.3, 0.4) is 0 Å². The molecule has 78 valence electrons. The second-order valence-corrected chi connectivity index (χ2v) is 5.07. The van der Waals surface area contributed by atoms with Crippen molar-refractivity contribution in [2.45, 2.75) is 13.0 Å². The van der Waals surface area contributed by atoms with Gasteiger partial charge in [-0.3, -0.25) is 4.79 Å². The molecule has 14 heavy (non-hydrogen) atoms. The second kappa shape index (κ2) is 5.59. The standard InChI is InChI=1S/C9H11Cl2NOS/c1-12(9(13)4-5-10)6-7-2-3-8(11)14-7/h2-3H,4-6H2,1H3. The summed E-state index contributed by atoms with van der Waals surface area (Å²) in [7, 11) is 1.77. The Kier molecular flexibility index (Phi) is 4.72. The minimum atomic E-state index is 0.0597. The smallest absolute Gasteiger partial charge is 0.223 e. The van der Waals surface area contributed by atoms with Crippen LogP contribution < -0.4 is 0 Å². The monoisotopic (exact) mass is 251 g/mol. The largest absolute Gasteiger partial charge is 0.341 e. The Morgan fingerprint density at radius 1 is 1.57 bits per heavy atom. The van der Waals surface area contributed by atoms with E-state index in [-0.39, 0.29) is 5.91 Å². The average Bonchev–Trinajstić information content (AvgIpc) is 2.51. The van der Waals surface area contributed by atoms with Gasteiger partial charge in [0.1, 0.15) is 0 Å². The molecule has 1 aromatic rings. The van der Waals surface area contributed by atoms with Gasteiger partial charge in [0.05, 0.1) is 10.9 Å². The first-order valence-electron chi connectivity index (χ1n) is 4.17. The molecule has 1 amide bonds. The van der Waals surface area contributed by atoms with E-state index in [4.69, 9.17) is 23.2 Å². The molecule has 0 fully saturated rings. The van der Waals surface area contributed by atoms with Crippen LogP contribution in [0.5, 0.6) is 0 Å². The summed E-state index contributed by atoms with van der Waals surface area (Å²) in [5.74, 6) is 0.429. The van der Waals surface area contributed by atoms with Gasteiger partial charge in [0.25, 0.3) is 0 Å². The van der Waals surface area contributed by atoms with Gasteiger partial charge in [0.2, 0.25) is 5.91 Å². The number of hydrogen-bond acceptors (Lipinski definition) is 2. The van der Waals surface area contributed by atoms with Gasteiger partial charge in [-0.25, -0.2) is 0 Å². The van der Waals surface area contributed by atoms with E-state index in [2.05, 4.69) is 0 Å². The van der Waals surface area contributed by atoms with Crippen molar-refractivity contribution in [2.75, 3.05) is 12.9 Å².